The van der Waals surface area contributed by atoms with Gasteiger partial charge in [0.25, 0.3) is 0 Å². The van der Waals surface area contributed by atoms with Crippen molar-refractivity contribution in [1.29, 1.82) is 0 Å². The Morgan fingerprint density at radius 3 is 2.16 bits per heavy atom. The van der Waals surface area contributed by atoms with Crippen LogP contribution < -0.4 is 0 Å². The minimum Gasteiger partial charge on any atom is -0.466 e. The molecule has 0 saturated carbocycles. The fraction of sp³-hybridized carbons (Fsp3) is 0.615. The van der Waals surface area contributed by atoms with E-state index in [1.54, 1.807) is 20.8 Å². The molecule has 0 radical (unpaired) electrons. The lowest BCUT2D eigenvalue weighted by Gasteiger charge is -2.19. The zero-order valence-corrected chi connectivity index (χ0v) is 11.7. The average molecular weight is 272 g/mol. The summed E-state index contributed by atoms with van der Waals surface area (Å²) >= 11 is 0. The summed E-state index contributed by atoms with van der Waals surface area (Å²) < 4.78 is 14.2. The molecule has 0 heterocycles. The smallest absolute Gasteiger partial charge is 0.331 e. The van der Waals surface area contributed by atoms with Crippen LogP contribution in [0.2, 0.25) is 0 Å². The highest BCUT2D eigenvalue weighted by atomic mass is 16.6. The first-order chi connectivity index (χ1) is 8.74. The van der Waals surface area contributed by atoms with Gasteiger partial charge < -0.3 is 14.2 Å². The van der Waals surface area contributed by atoms with Gasteiger partial charge in [-0.25, -0.2) is 9.59 Å². The summed E-state index contributed by atoms with van der Waals surface area (Å²) in [6, 6.07) is 0. The normalized spacial score (nSPS) is 11.2. The van der Waals surface area contributed by atoms with E-state index < -0.39 is 17.5 Å². The first-order valence-electron chi connectivity index (χ1n) is 5.89. The molecule has 0 unspecified atom stereocenters. The van der Waals surface area contributed by atoms with Crippen molar-refractivity contribution in [2.45, 2.75) is 39.2 Å². The number of esters is 3. The van der Waals surface area contributed by atoms with Crippen LogP contribution in [0.1, 0.15) is 33.6 Å². The topological polar surface area (TPSA) is 78.9 Å². The standard InChI is InChI=1S/C13H20O6/c1-13(2,3)19-12(16)6-5-9-18-11(15)8-7-10(14)17-4/h7-8H,5-6,9H2,1-4H3/b8-7+. The molecule has 0 amide bonds. The Morgan fingerprint density at radius 1 is 1.05 bits per heavy atom. The molecule has 0 N–H and O–H groups in total. The summed E-state index contributed by atoms with van der Waals surface area (Å²) in [5.41, 5.74) is -0.517. The Hall–Kier alpha value is -1.85. The van der Waals surface area contributed by atoms with E-state index in [1.807, 2.05) is 0 Å². The van der Waals surface area contributed by atoms with Crippen molar-refractivity contribution in [2.24, 2.45) is 0 Å². The molecule has 0 aliphatic heterocycles. The van der Waals surface area contributed by atoms with Crippen LogP contribution in [0.3, 0.4) is 0 Å². The van der Waals surface area contributed by atoms with E-state index >= 15 is 0 Å². The van der Waals surface area contributed by atoms with Crippen LogP contribution in [0.4, 0.5) is 0 Å². The quantitative estimate of drug-likeness (QED) is 0.314. The maximum absolute atomic E-state index is 11.3. The summed E-state index contributed by atoms with van der Waals surface area (Å²) in [6.07, 6.45) is 2.48. The molecule has 0 atom stereocenters. The van der Waals surface area contributed by atoms with Gasteiger partial charge in [0.2, 0.25) is 0 Å². The van der Waals surface area contributed by atoms with Crippen molar-refractivity contribution >= 4 is 17.9 Å². The Labute approximate surface area is 112 Å². The van der Waals surface area contributed by atoms with E-state index in [9.17, 15) is 14.4 Å². The Kier molecular flexibility index (Phi) is 7.48. The Bertz CT molecular complexity index is 351. The van der Waals surface area contributed by atoms with Gasteiger partial charge in [-0.1, -0.05) is 0 Å². The van der Waals surface area contributed by atoms with Crippen LogP contribution in [0, 0.1) is 0 Å². The number of hydrogen-bond acceptors (Lipinski definition) is 6. The third-order valence-corrected chi connectivity index (χ3v) is 1.75. The number of carbonyl (C=O) groups is 3. The van der Waals surface area contributed by atoms with Crippen LogP contribution in [0.5, 0.6) is 0 Å². The second-order valence-corrected chi connectivity index (χ2v) is 4.71. The van der Waals surface area contributed by atoms with Crippen molar-refractivity contribution in [3.8, 4) is 0 Å². The molecule has 0 aromatic carbocycles. The zero-order chi connectivity index (χ0) is 14.9. The SMILES string of the molecule is COC(=O)/C=C/C(=O)OCCCC(=O)OC(C)(C)C. The van der Waals surface area contributed by atoms with Crippen molar-refractivity contribution in [2.75, 3.05) is 13.7 Å². The summed E-state index contributed by atoms with van der Waals surface area (Å²) in [4.78, 5) is 33.1. The van der Waals surface area contributed by atoms with Crippen molar-refractivity contribution in [3.63, 3.8) is 0 Å². The molecular weight excluding hydrogens is 252 g/mol. The van der Waals surface area contributed by atoms with Gasteiger partial charge in [0.1, 0.15) is 5.60 Å². The van der Waals surface area contributed by atoms with Crippen molar-refractivity contribution < 1.29 is 28.6 Å². The number of hydrogen-bond donors (Lipinski definition) is 0. The maximum atomic E-state index is 11.3. The molecule has 0 saturated heterocycles. The highest BCUT2D eigenvalue weighted by Gasteiger charge is 2.15. The van der Waals surface area contributed by atoms with Gasteiger partial charge in [-0.3, -0.25) is 4.79 Å². The largest absolute Gasteiger partial charge is 0.466 e. The molecule has 6 nitrogen and oxygen atoms in total. The zero-order valence-electron chi connectivity index (χ0n) is 11.7. The molecule has 0 rings (SSSR count). The molecule has 0 aromatic heterocycles. The molecule has 0 aliphatic rings. The molecule has 0 spiro atoms. The lowest BCUT2D eigenvalue weighted by Crippen LogP contribution is -2.23. The second-order valence-electron chi connectivity index (χ2n) is 4.71. The van der Waals surface area contributed by atoms with E-state index in [0.29, 0.717) is 6.42 Å². The predicted octanol–water partition coefficient (Wildman–Crippen LogP) is 1.38. The third-order valence-electron chi connectivity index (χ3n) is 1.75. The third kappa shape index (κ3) is 11.0. The molecule has 0 aliphatic carbocycles. The van der Waals surface area contributed by atoms with E-state index in [2.05, 4.69) is 4.74 Å². The van der Waals surface area contributed by atoms with Crippen LogP contribution in [-0.2, 0) is 28.6 Å². The van der Waals surface area contributed by atoms with Gasteiger partial charge in [0.05, 0.1) is 13.7 Å². The molecule has 0 fully saturated rings. The van der Waals surface area contributed by atoms with Crippen LogP contribution in [0.25, 0.3) is 0 Å². The summed E-state index contributed by atoms with van der Waals surface area (Å²) in [5, 5.41) is 0. The molecule has 108 valence electrons. The van der Waals surface area contributed by atoms with Crippen LogP contribution >= 0.6 is 0 Å². The van der Waals surface area contributed by atoms with Gasteiger partial charge in [0.15, 0.2) is 0 Å². The minimum absolute atomic E-state index is 0.0869. The van der Waals surface area contributed by atoms with E-state index in [4.69, 9.17) is 9.47 Å². The summed E-state index contributed by atoms with van der Waals surface area (Å²) in [6.45, 7) is 5.43. The van der Waals surface area contributed by atoms with Gasteiger partial charge in [-0.05, 0) is 27.2 Å². The van der Waals surface area contributed by atoms with Crippen LogP contribution in [-0.4, -0.2) is 37.2 Å². The van der Waals surface area contributed by atoms with E-state index in [1.165, 1.54) is 7.11 Å². The first-order valence-corrected chi connectivity index (χ1v) is 5.89. The van der Waals surface area contributed by atoms with Crippen LogP contribution in [0.15, 0.2) is 12.2 Å². The highest BCUT2D eigenvalue weighted by molar-refractivity contribution is 5.91. The summed E-state index contributed by atoms with van der Waals surface area (Å²) in [5.74, 6) is -1.63. The monoisotopic (exact) mass is 272 g/mol. The van der Waals surface area contributed by atoms with Gasteiger partial charge in [-0.15, -0.1) is 0 Å². The maximum Gasteiger partial charge on any atom is 0.331 e. The summed E-state index contributed by atoms with van der Waals surface area (Å²) in [7, 11) is 1.21. The fourth-order valence-electron chi connectivity index (χ4n) is 1.03. The van der Waals surface area contributed by atoms with Gasteiger partial charge >= 0.3 is 17.9 Å². The van der Waals surface area contributed by atoms with E-state index in [0.717, 1.165) is 12.2 Å². The molecular formula is C13H20O6. The number of ether oxygens (including phenoxy) is 3. The number of carbonyl (C=O) groups excluding carboxylic acids is 3. The number of rotatable bonds is 6. The predicted molar refractivity (Wildman–Crippen MR) is 67.2 cm³/mol. The average Bonchev–Trinajstić information content (AvgIpc) is 2.29. The fourth-order valence-corrected chi connectivity index (χ4v) is 1.03. The van der Waals surface area contributed by atoms with E-state index in [-0.39, 0.29) is 19.0 Å². The molecule has 0 aromatic rings. The Balaban J connectivity index is 3.75. The molecule has 0 bridgehead atoms. The Morgan fingerprint density at radius 2 is 1.63 bits per heavy atom. The second kappa shape index (κ2) is 8.29. The highest BCUT2D eigenvalue weighted by Crippen LogP contribution is 2.09. The molecule has 6 heteroatoms. The van der Waals surface area contributed by atoms with Crippen molar-refractivity contribution in [3.05, 3.63) is 12.2 Å². The lowest BCUT2D eigenvalue weighted by atomic mass is 10.2. The lowest BCUT2D eigenvalue weighted by molar-refractivity contribution is -0.155. The van der Waals surface area contributed by atoms with Gasteiger partial charge in [-0.2, -0.15) is 0 Å². The number of methoxy groups -OCH3 is 1. The van der Waals surface area contributed by atoms with Crippen molar-refractivity contribution in [1.82, 2.24) is 0 Å². The first kappa shape index (κ1) is 17.2. The molecule has 19 heavy (non-hydrogen) atoms. The van der Waals surface area contributed by atoms with Gasteiger partial charge in [0, 0.05) is 18.6 Å². The minimum atomic E-state index is -0.658.